The summed E-state index contributed by atoms with van der Waals surface area (Å²) in [5, 5.41) is 1.76. The summed E-state index contributed by atoms with van der Waals surface area (Å²) < 4.78 is 0. The molecule has 4 nitrogen and oxygen atoms in total. The van der Waals surface area contributed by atoms with E-state index >= 15 is 0 Å². The molecule has 4 rings (SSSR count). The topological polar surface area (TPSA) is 50.3 Å². The summed E-state index contributed by atoms with van der Waals surface area (Å²) in [7, 11) is 0. The number of hydrogen-bond donors (Lipinski definition) is 0. The predicted molar refractivity (Wildman–Crippen MR) is 107 cm³/mol. The van der Waals surface area contributed by atoms with E-state index in [9.17, 15) is 9.59 Å². The van der Waals surface area contributed by atoms with Gasteiger partial charge in [-0.2, -0.15) is 0 Å². The van der Waals surface area contributed by atoms with Gasteiger partial charge in [-0.1, -0.05) is 54.6 Å². The number of piperidine rings is 1. The van der Waals surface area contributed by atoms with Gasteiger partial charge >= 0.3 is 0 Å². The van der Waals surface area contributed by atoms with Gasteiger partial charge in [0.1, 0.15) is 5.69 Å². The lowest BCUT2D eigenvalue weighted by atomic mass is 9.89. The Morgan fingerprint density at radius 1 is 1.00 bits per heavy atom. The number of carbonyl (C=O) groups is 2. The standard InChI is InChI=1S/C22H20N2O2S/c25-21(18-10-8-17(9-11-18)16-5-2-1-3-6-16)19-7-4-12-24(13-19)22(26)20-14-27-15-23-20/h1-3,5-6,8-11,14-15,19H,4,7,12-13H2. The fraction of sp³-hybridized carbons (Fsp3) is 0.227. The molecule has 0 bridgehead atoms. The molecule has 27 heavy (non-hydrogen) atoms. The zero-order valence-corrected chi connectivity index (χ0v) is 15.7. The lowest BCUT2D eigenvalue weighted by Gasteiger charge is -2.31. The summed E-state index contributed by atoms with van der Waals surface area (Å²) in [5.41, 5.74) is 5.07. The van der Waals surface area contributed by atoms with E-state index in [2.05, 4.69) is 17.1 Å². The summed E-state index contributed by atoms with van der Waals surface area (Å²) in [6.45, 7) is 1.16. The van der Waals surface area contributed by atoms with Crippen LogP contribution >= 0.6 is 11.3 Å². The molecule has 1 saturated heterocycles. The Hall–Kier alpha value is -2.79. The summed E-state index contributed by atoms with van der Waals surface area (Å²) in [5.74, 6) is -0.109. The highest BCUT2D eigenvalue weighted by molar-refractivity contribution is 7.07. The summed E-state index contributed by atoms with van der Waals surface area (Å²) in [6.07, 6.45) is 1.66. The van der Waals surface area contributed by atoms with Gasteiger partial charge in [0.15, 0.2) is 5.78 Å². The molecule has 1 aromatic heterocycles. The third-order valence-corrected chi connectivity index (χ3v) is 5.59. The van der Waals surface area contributed by atoms with Gasteiger partial charge in [0.2, 0.25) is 0 Å². The number of amides is 1. The summed E-state index contributed by atoms with van der Waals surface area (Å²) in [4.78, 5) is 31.3. The molecule has 1 amide bonds. The van der Waals surface area contributed by atoms with Crippen LogP contribution in [0.15, 0.2) is 65.5 Å². The van der Waals surface area contributed by atoms with E-state index < -0.39 is 0 Å². The number of likely N-dealkylation sites (tertiary alicyclic amines) is 1. The molecule has 2 aromatic carbocycles. The van der Waals surface area contributed by atoms with Gasteiger partial charge in [-0.05, 0) is 24.0 Å². The van der Waals surface area contributed by atoms with E-state index in [1.807, 2.05) is 42.5 Å². The van der Waals surface area contributed by atoms with Crippen molar-refractivity contribution in [1.29, 1.82) is 0 Å². The van der Waals surface area contributed by atoms with Gasteiger partial charge in [-0.3, -0.25) is 9.59 Å². The monoisotopic (exact) mass is 376 g/mol. The highest BCUT2D eigenvalue weighted by Crippen LogP contribution is 2.24. The number of carbonyl (C=O) groups excluding carboxylic acids is 2. The molecule has 1 fully saturated rings. The van der Waals surface area contributed by atoms with E-state index in [0.29, 0.717) is 24.3 Å². The van der Waals surface area contributed by atoms with Crippen molar-refractivity contribution < 1.29 is 9.59 Å². The smallest absolute Gasteiger partial charge is 0.273 e. The minimum absolute atomic E-state index is 0.0758. The van der Waals surface area contributed by atoms with Gasteiger partial charge < -0.3 is 4.90 Å². The number of thiazole rings is 1. The van der Waals surface area contributed by atoms with Gasteiger partial charge in [0.05, 0.1) is 5.51 Å². The third kappa shape index (κ3) is 3.83. The van der Waals surface area contributed by atoms with Crippen molar-refractivity contribution in [2.45, 2.75) is 12.8 Å². The molecular formula is C22H20N2O2S. The largest absolute Gasteiger partial charge is 0.337 e. The predicted octanol–water partition coefficient (Wildman–Crippen LogP) is 4.55. The van der Waals surface area contributed by atoms with Gasteiger partial charge in [-0.15, -0.1) is 11.3 Å². The molecule has 5 heteroatoms. The van der Waals surface area contributed by atoms with Crippen LogP contribution in [-0.2, 0) is 0 Å². The zero-order chi connectivity index (χ0) is 18.6. The third-order valence-electron chi connectivity index (χ3n) is 5.01. The van der Waals surface area contributed by atoms with E-state index in [4.69, 9.17) is 0 Å². The van der Waals surface area contributed by atoms with Crippen LogP contribution < -0.4 is 0 Å². The Labute approximate surface area is 162 Å². The molecule has 0 radical (unpaired) electrons. The van der Waals surface area contributed by atoms with Crippen molar-refractivity contribution >= 4 is 23.0 Å². The van der Waals surface area contributed by atoms with Crippen LogP contribution in [0.4, 0.5) is 0 Å². The zero-order valence-electron chi connectivity index (χ0n) is 14.9. The molecule has 1 atom stereocenters. The fourth-order valence-corrected chi connectivity index (χ4v) is 4.07. The molecule has 1 aliphatic heterocycles. The number of nitrogens with zero attached hydrogens (tertiary/aromatic N) is 2. The SMILES string of the molecule is O=C(c1ccc(-c2ccccc2)cc1)C1CCCN(C(=O)c2cscn2)C1. The normalized spacial score (nSPS) is 16.9. The average molecular weight is 376 g/mol. The first-order chi connectivity index (χ1) is 13.2. The molecule has 1 unspecified atom stereocenters. The average Bonchev–Trinajstić information content (AvgIpc) is 3.28. The second kappa shape index (κ2) is 7.84. The number of hydrogen-bond acceptors (Lipinski definition) is 4. The lowest BCUT2D eigenvalue weighted by Crippen LogP contribution is -2.42. The first-order valence-electron chi connectivity index (χ1n) is 9.09. The number of rotatable bonds is 4. The maximum Gasteiger partial charge on any atom is 0.273 e. The molecule has 1 aliphatic rings. The molecule has 0 aliphatic carbocycles. The Bertz CT molecular complexity index is 921. The van der Waals surface area contributed by atoms with Crippen LogP contribution in [-0.4, -0.2) is 34.7 Å². The first-order valence-corrected chi connectivity index (χ1v) is 10.0. The van der Waals surface area contributed by atoms with E-state index in [1.165, 1.54) is 11.3 Å². The van der Waals surface area contributed by atoms with E-state index in [1.54, 1.807) is 15.8 Å². The highest BCUT2D eigenvalue weighted by atomic mass is 32.1. The van der Waals surface area contributed by atoms with Gasteiger partial charge in [0.25, 0.3) is 5.91 Å². The van der Waals surface area contributed by atoms with Gasteiger partial charge in [0, 0.05) is 30.0 Å². The molecule has 0 N–H and O–H groups in total. The van der Waals surface area contributed by atoms with Crippen LogP contribution in [0.2, 0.25) is 0 Å². The molecule has 0 saturated carbocycles. The van der Waals surface area contributed by atoms with E-state index in [0.717, 1.165) is 24.0 Å². The van der Waals surface area contributed by atoms with Crippen LogP contribution in [0.25, 0.3) is 11.1 Å². The molecule has 2 heterocycles. The Kier molecular flexibility index (Phi) is 5.12. The van der Waals surface area contributed by atoms with Crippen LogP contribution in [0, 0.1) is 5.92 Å². The first kappa shape index (κ1) is 17.6. The van der Waals surface area contributed by atoms with Crippen molar-refractivity contribution in [3.63, 3.8) is 0 Å². The Morgan fingerprint density at radius 2 is 1.74 bits per heavy atom. The maximum absolute atomic E-state index is 13.0. The number of aromatic nitrogens is 1. The van der Waals surface area contributed by atoms with Crippen molar-refractivity contribution in [3.8, 4) is 11.1 Å². The highest BCUT2D eigenvalue weighted by Gasteiger charge is 2.30. The van der Waals surface area contributed by atoms with Crippen molar-refractivity contribution in [2.24, 2.45) is 5.92 Å². The second-order valence-electron chi connectivity index (χ2n) is 6.77. The minimum Gasteiger partial charge on any atom is -0.337 e. The minimum atomic E-state index is -0.149. The molecular weight excluding hydrogens is 356 g/mol. The number of ketones is 1. The van der Waals surface area contributed by atoms with Crippen LogP contribution in [0.1, 0.15) is 33.7 Å². The molecule has 0 spiro atoms. The molecule has 3 aromatic rings. The van der Waals surface area contributed by atoms with Gasteiger partial charge in [-0.25, -0.2) is 4.98 Å². The second-order valence-corrected chi connectivity index (χ2v) is 7.49. The Morgan fingerprint density at radius 3 is 2.44 bits per heavy atom. The lowest BCUT2D eigenvalue weighted by molar-refractivity contribution is 0.0633. The Balaban J connectivity index is 1.46. The van der Waals surface area contributed by atoms with Crippen LogP contribution in [0.5, 0.6) is 0 Å². The number of benzene rings is 2. The van der Waals surface area contributed by atoms with Crippen molar-refractivity contribution in [1.82, 2.24) is 9.88 Å². The van der Waals surface area contributed by atoms with Crippen molar-refractivity contribution in [3.05, 3.63) is 76.7 Å². The maximum atomic E-state index is 13.0. The molecule has 136 valence electrons. The quantitative estimate of drug-likeness (QED) is 0.628. The fourth-order valence-electron chi connectivity index (χ4n) is 3.55. The number of Topliss-reactive ketones (excluding diaryl/α,β-unsaturated/α-hetero) is 1. The van der Waals surface area contributed by atoms with E-state index in [-0.39, 0.29) is 17.6 Å². The summed E-state index contributed by atoms with van der Waals surface area (Å²) >= 11 is 1.41. The van der Waals surface area contributed by atoms with Crippen molar-refractivity contribution in [2.75, 3.05) is 13.1 Å². The van der Waals surface area contributed by atoms with Crippen LogP contribution in [0.3, 0.4) is 0 Å². The summed E-state index contributed by atoms with van der Waals surface area (Å²) in [6, 6.07) is 17.9.